The molecule has 0 aliphatic carbocycles. The van der Waals surface area contributed by atoms with Crippen molar-refractivity contribution >= 4 is 12.1 Å². The molecule has 31 heavy (non-hydrogen) atoms. The lowest BCUT2D eigenvalue weighted by Crippen LogP contribution is -2.40. The molecule has 8 nitrogen and oxygen atoms in total. The Morgan fingerprint density at radius 1 is 1.32 bits per heavy atom. The number of carbonyl (C=O) groups excluding carboxylic acids is 1. The number of rotatable bonds is 6. The molecule has 0 unspecified atom stereocenters. The summed E-state index contributed by atoms with van der Waals surface area (Å²) in [5.74, 6) is 1.20. The van der Waals surface area contributed by atoms with E-state index >= 15 is 0 Å². The SMILES string of the molecule is C=Cn1cc(CN2CCC(c3nc4c(c(=O)[nH]3)CN(C(=O)CCC)CC4)CC2)c(C)n1. The molecule has 0 saturated carbocycles. The van der Waals surface area contributed by atoms with Gasteiger partial charge in [-0.2, -0.15) is 5.10 Å². The van der Waals surface area contributed by atoms with Crippen LogP contribution in [0.2, 0.25) is 0 Å². The van der Waals surface area contributed by atoms with Crippen molar-refractivity contribution in [3.05, 3.63) is 51.5 Å². The minimum absolute atomic E-state index is 0.0797. The van der Waals surface area contributed by atoms with E-state index in [0.29, 0.717) is 31.5 Å². The van der Waals surface area contributed by atoms with Crippen LogP contribution in [0, 0.1) is 6.92 Å². The molecular weight excluding hydrogens is 392 g/mol. The van der Waals surface area contributed by atoms with Crippen molar-refractivity contribution in [2.24, 2.45) is 0 Å². The van der Waals surface area contributed by atoms with Crippen molar-refractivity contribution < 1.29 is 4.79 Å². The molecule has 1 N–H and O–H groups in total. The number of amides is 1. The van der Waals surface area contributed by atoms with Crippen LogP contribution in [0.1, 0.15) is 66.9 Å². The second-order valence-electron chi connectivity index (χ2n) is 8.64. The van der Waals surface area contributed by atoms with E-state index in [1.165, 1.54) is 5.56 Å². The van der Waals surface area contributed by atoms with Crippen molar-refractivity contribution in [2.75, 3.05) is 19.6 Å². The zero-order valence-electron chi connectivity index (χ0n) is 18.6. The summed E-state index contributed by atoms with van der Waals surface area (Å²) in [5.41, 5.74) is 3.71. The summed E-state index contributed by atoms with van der Waals surface area (Å²) in [5, 5.41) is 4.43. The van der Waals surface area contributed by atoms with E-state index in [0.717, 1.165) is 56.1 Å². The van der Waals surface area contributed by atoms with Gasteiger partial charge in [0.25, 0.3) is 5.56 Å². The Morgan fingerprint density at radius 2 is 2.10 bits per heavy atom. The number of carbonyl (C=O) groups is 1. The van der Waals surface area contributed by atoms with Gasteiger partial charge in [0.1, 0.15) is 5.82 Å². The first-order chi connectivity index (χ1) is 15.0. The number of aromatic nitrogens is 4. The summed E-state index contributed by atoms with van der Waals surface area (Å²) in [6, 6.07) is 0. The van der Waals surface area contributed by atoms with Gasteiger partial charge in [-0.05, 0) is 39.3 Å². The van der Waals surface area contributed by atoms with Crippen LogP contribution in [0.3, 0.4) is 0 Å². The second kappa shape index (κ2) is 9.18. The standard InChI is InChI=1S/C23H32N6O2/c1-4-6-21(30)28-12-9-20-19(15-28)23(31)25-22(24-20)17-7-10-27(11-8-17)13-18-14-29(5-2)26-16(18)3/h5,14,17H,2,4,6-13,15H2,1,3H3,(H,24,25,31). The molecular formula is C23H32N6O2. The van der Waals surface area contributed by atoms with Gasteiger partial charge < -0.3 is 9.88 Å². The molecule has 166 valence electrons. The topological polar surface area (TPSA) is 87.1 Å². The zero-order chi connectivity index (χ0) is 22.0. The predicted molar refractivity (Wildman–Crippen MR) is 119 cm³/mol. The van der Waals surface area contributed by atoms with Gasteiger partial charge in [-0.3, -0.25) is 14.5 Å². The molecule has 4 heterocycles. The van der Waals surface area contributed by atoms with Crippen LogP contribution in [-0.2, 0) is 24.3 Å². The summed E-state index contributed by atoms with van der Waals surface area (Å²) in [4.78, 5) is 37.1. The first kappa shape index (κ1) is 21.5. The van der Waals surface area contributed by atoms with Crippen LogP contribution in [0.25, 0.3) is 6.20 Å². The summed E-state index contributed by atoms with van der Waals surface area (Å²) in [7, 11) is 0. The monoisotopic (exact) mass is 424 g/mol. The highest BCUT2D eigenvalue weighted by molar-refractivity contribution is 5.76. The first-order valence-corrected chi connectivity index (χ1v) is 11.3. The Hall–Kier alpha value is -2.74. The number of piperidine rings is 1. The second-order valence-corrected chi connectivity index (χ2v) is 8.64. The van der Waals surface area contributed by atoms with Gasteiger partial charge >= 0.3 is 0 Å². The number of fused-ring (bicyclic) bond motifs is 1. The number of likely N-dealkylation sites (tertiary alicyclic amines) is 1. The van der Waals surface area contributed by atoms with Gasteiger partial charge in [0.15, 0.2) is 0 Å². The fraction of sp³-hybridized carbons (Fsp3) is 0.565. The Labute approximate surface area is 183 Å². The van der Waals surface area contributed by atoms with Gasteiger partial charge in [0, 0.05) is 49.8 Å². The Bertz CT molecular complexity index is 1020. The lowest BCUT2D eigenvalue weighted by molar-refractivity contribution is -0.132. The largest absolute Gasteiger partial charge is 0.338 e. The van der Waals surface area contributed by atoms with Crippen molar-refractivity contribution in [2.45, 2.75) is 65.0 Å². The van der Waals surface area contributed by atoms with E-state index in [4.69, 9.17) is 4.98 Å². The lowest BCUT2D eigenvalue weighted by atomic mass is 9.95. The Morgan fingerprint density at radius 3 is 2.77 bits per heavy atom. The maximum absolute atomic E-state index is 12.8. The van der Waals surface area contributed by atoms with Gasteiger partial charge in [0.05, 0.1) is 23.5 Å². The maximum Gasteiger partial charge on any atom is 0.256 e. The molecule has 2 aliphatic rings. The van der Waals surface area contributed by atoms with Crippen LogP contribution in [-0.4, -0.2) is 55.1 Å². The zero-order valence-corrected chi connectivity index (χ0v) is 18.6. The summed E-state index contributed by atoms with van der Waals surface area (Å²) < 4.78 is 1.76. The predicted octanol–water partition coefficient (Wildman–Crippen LogP) is 2.44. The van der Waals surface area contributed by atoms with Crippen molar-refractivity contribution in [3.63, 3.8) is 0 Å². The number of aromatic amines is 1. The quantitative estimate of drug-likeness (QED) is 0.770. The number of aryl methyl sites for hydroxylation is 1. The normalized spacial score (nSPS) is 17.5. The smallest absolute Gasteiger partial charge is 0.256 e. The molecule has 1 saturated heterocycles. The average molecular weight is 425 g/mol. The maximum atomic E-state index is 12.8. The van der Waals surface area contributed by atoms with E-state index in [1.54, 1.807) is 15.8 Å². The Balaban J connectivity index is 1.40. The van der Waals surface area contributed by atoms with Crippen molar-refractivity contribution in [3.8, 4) is 0 Å². The summed E-state index contributed by atoms with van der Waals surface area (Å²) in [6.07, 6.45) is 7.70. The molecule has 0 spiro atoms. The minimum atomic E-state index is -0.0797. The molecule has 2 aromatic heterocycles. The van der Waals surface area contributed by atoms with Crippen molar-refractivity contribution in [1.29, 1.82) is 0 Å². The van der Waals surface area contributed by atoms with Crippen LogP contribution >= 0.6 is 0 Å². The third-order valence-electron chi connectivity index (χ3n) is 6.48. The number of hydrogen-bond acceptors (Lipinski definition) is 5. The van der Waals surface area contributed by atoms with E-state index < -0.39 is 0 Å². The van der Waals surface area contributed by atoms with Crippen LogP contribution in [0.5, 0.6) is 0 Å². The molecule has 0 radical (unpaired) electrons. The van der Waals surface area contributed by atoms with Gasteiger partial charge in [-0.15, -0.1) is 0 Å². The molecule has 4 rings (SSSR count). The van der Waals surface area contributed by atoms with E-state index in [9.17, 15) is 9.59 Å². The molecule has 2 aliphatic heterocycles. The highest BCUT2D eigenvalue weighted by Gasteiger charge is 2.27. The van der Waals surface area contributed by atoms with Crippen molar-refractivity contribution in [1.82, 2.24) is 29.5 Å². The third-order valence-corrected chi connectivity index (χ3v) is 6.48. The molecule has 1 amide bonds. The van der Waals surface area contributed by atoms with Crippen LogP contribution in [0.15, 0.2) is 17.6 Å². The fourth-order valence-corrected chi connectivity index (χ4v) is 4.60. The number of nitrogens with one attached hydrogen (secondary N) is 1. The number of hydrogen-bond donors (Lipinski definition) is 1. The van der Waals surface area contributed by atoms with Crippen LogP contribution in [0.4, 0.5) is 0 Å². The molecule has 0 atom stereocenters. The average Bonchev–Trinajstić information content (AvgIpc) is 3.13. The van der Waals surface area contributed by atoms with E-state index in [-0.39, 0.29) is 17.4 Å². The molecule has 1 fully saturated rings. The number of nitrogens with zero attached hydrogens (tertiary/aromatic N) is 5. The first-order valence-electron chi connectivity index (χ1n) is 11.3. The van der Waals surface area contributed by atoms with Crippen LogP contribution < -0.4 is 5.56 Å². The van der Waals surface area contributed by atoms with Gasteiger partial charge in [0.2, 0.25) is 5.91 Å². The highest BCUT2D eigenvalue weighted by Crippen LogP contribution is 2.27. The van der Waals surface area contributed by atoms with E-state index in [1.807, 2.05) is 20.0 Å². The molecule has 0 aromatic carbocycles. The lowest BCUT2D eigenvalue weighted by Gasteiger charge is -2.32. The third kappa shape index (κ3) is 4.63. The number of H-pyrrole nitrogens is 1. The van der Waals surface area contributed by atoms with Gasteiger partial charge in [-0.1, -0.05) is 13.5 Å². The summed E-state index contributed by atoms with van der Waals surface area (Å²) in [6.45, 7) is 11.6. The highest BCUT2D eigenvalue weighted by atomic mass is 16.2. The fourth-order valence-electron chi connectivity index (χ4n) is 4.60. The molecule has 8 heteroatoms. The Kier molecular flexibility index (Phi) is 6.36. The molecule has 0 bridgehead atoms. The van der Waals surface area contributed by atoms with E-state index in [2.05, 4.69) is 21.6 Å². The molecule has 2 aromatic rings. The van der Waals surface area contributed by atoms with Gasteiger partial charge in [-0.25, -0.2) is 9.67 Å². The summed E-state index contributed by atoms with van der Waals surface area (Å²) >= 11 is 0. The minimum Gasteiger partial charge on any atom is -0.338 e.